The fraction of sp³-hybridized carbons (Fsp3) is 0.857. The van der Waals surface area contributed by atoms with Crippen LogP contribution in [0.2, 0.25) is 6.04 Å². The lowest BCUT2D eigenvalue weighted by Gasteiger charge is -2.09. The van der Waals surface area contributed by atoms with Crippen molar-refractivity contribution < 1.29 is 19.2 Å². The van der Waals surface area contributed by atoms with Gasteiger partial charge in [0.25, 0.3) is 0 Å². The van der Waals surface area contributed by atoms with Crippen LogP contribution in [0.15, 0.2) is 0 Å². The third kappa shape index (κ3) is 9.94. The molecule has 0 fully saturated rings. The maximum Gasteiger partial charge on any atom is 0.492 e. The van der Waals surface area contributed by atoms with Gasteiger partial charge in [-0.2, -0.15) is 0 Å². The zero-order valence-electron chi connectivity index (χ0n) is 7.87. The zero-order valence-corrected chi connectivity index (χ0v) is 9.63. The van der Waals surface area contributed by atoms with E-state index in [1.54, 1.807) is 0 Å². The molecule has 0 aliphatic rings. The topological polar surface area (TPSA) is 89.8 Å². The molecule has 0 aromatic carbocycles. The van der Waals surface area contributed by atoms with Crippen molar-refractivity contribution in [2.24, 2.45) is 0 Å². The van der Waals surface area contributed by atoms with Crippen LogP contribution in [0.3, 0.4) is 0 Å². The Morgan fingerprint density at radius 2 is 1.93 bits per heavy atom. The number of carbonyl (C=O) groups is 1. The van der Waals surface area contributed by atoms with E-state index >= 15 is 0 Å². The normalized spacial score (nSPS) is 11.4. The Kier molecular flexibility index (Phi) is 7.12. The second-order valence-corrected chi connectivity index (χ2v) is 5.45. The molecule has 4 N–H and O–H groups in total. The van der Waals surface area contributed by atoms with E-state index in [1.165, 1.54) is 0 Å². The summed E-state index contributed by atoms with van der Waals surface area (Å²) in [5.41, 5.74) is 0. The summed E-state index contributed by atoms with van der Waals surface area (Å²) in [5.74, 6) is 0.347. The van der Waals surface area contributed by atoms with Gasteiger partial charge in [-0.1, -0.05) is 0 Å². The van der Waals surface area contributed by atoms with Crippen LogP contribution in [-0.2, 0) is 4.79 Å². The average molecular weight is 242 g/mol. The van der Waals surface area contributed by atoms with Crippen LogP contribution >= 0.6 is 11.6 Å². The minimum absolute atomic E-state index is 0.0528. The van der Waals surface area contributed by atoms with Gasteiger partial charge < -0.3 is 19.7 Å². The molecule has 0 spiro atoms. The Morgan fingerprint density at radius 1 is 1.29 bits per heavy atom. The molecule has 0 aromatic heterocycles. The van der Waals surface area contributed by atoms with Gasteiger partial charge >= 0.3 is 8.80 Å². The van der Waals surface area contributed by atoms with Gasteiger partial charge in [-0.05, 0) is 12.8 Å². The minimum atomic E-state index is -3.93. The van der Waals surface area contributed by atoms with Crippen molar-refractivity contribution in [2.45, 2.75) is 25.3 Å². The highest BCUT2D eigenvalue weighted by Gasteiger charge is 2.25. The molecule has 0 heterocycles. The average Bonchev–Trinajstić information content (AvgIpc) is 2.07. The van der Waals surface area contributed by atoms with Crippen LogP contribution in [-0.4, -0.2) is 41.5 Å². The fourth-order valence-corrected chi connectivity index (χ4v) is 1.65. The molecule has 0 saturated carbocycles. The predicted molar refractivity (Wildman–Crippen MR) is 54.8 cm³/mol. The zero-order chi connectivity index (χ0) is 11.0. The summed E-state index contributed by atoms with van der Waals surface area (Å²) >= 11 is 5.39. The van der Waals surface area contributed by atoms with Crippen LogP contribution in [0.1, 0.15) is 19.3 Å². The number of hydrogen-bond donors (Lipinski definition) is 4. The third-order valence-electron chi connectivity index (χ3n) is 1.55. The second-order valence-electron chi connectivity index (χ2n) is 3.02. The molecule has 0 aromatic rings. The molecule has 0 atom stereocenters. The summed E-state index contributed by atoms with van der Waals surface area (Å²) in [4.78, 5) is 36.9. The van der Waals surface area contributed by atoms with Crippen molar-refractivity contribution in [2.75, 3.05) is 12.4 Å². The van der Waals surface area contributed by atoms with Gasteiger partial charge in [0.1, 0.15) is 0 Å². The molecule has 0 aliphatic carbocycles. The Bertz CT molecular complexity index is 174. The summed E-state index contributed by atoms with van der Waals surface area (Å²) in [6, 6.07) is -0.0528. The van der Waals surface area contributed by atoms with Crippen molar-refractivity contribution in [3.05, 3.63) is 0 Å². The third-order valence-corrected chi connectivity index (χ3v) is 2.84. The van der Waals surface area contributed by atoms with Gasteiger partial charge in [-0.25, -0.2) is 0 Å². The van der Waals surface area contributed by atoms with Crippen molar-refractivity contribution in [3.8, 4) is 0 Å². The maximum atomic E-state index is 11.0. The molecule has 0 saturated heterocycles. The van der Waals surface area contributed by atoms with Crippen molar-refractivity contribution in [1.29, 1.82) is 0 Å². The second kappa shape index (κ2) is 7.19. The van der Waals surface area contributed by atoms with E-state index in [-0.39, 0.29) is 12.0 Å². The summed E-state index contributed by atoms with van der Waals surface area (Å²) in [5, 5.41) is 2.58. The number of halogens is 1. The minimum Gasteiger partial charge on any atom is -0.390 e. The molecule has 1 amide bonds. The molecule has 0 bridgehead atoms. The molecule has 5 nitrogen and oxygen atoms in total. The number of carbonyl (C=O) groups excluding carboxylic acids is 1. The highest BCUT2D eigenvalue weighted by Crippen LogP contribution is 1.99. The number of rotatable bonds is 7. The Labute approximate surface area is 89.1 Å². The van der Waals surface area contributed by atoms with Crippen molar-refractivity contribution >= 4 is 26.3 Å². The van der Waals surface area contributed by atoms with E-state index < -0.39 is 8.80 Å². The highest BCUT2D eigenvalue weighted by molar-refractivity contribution is 6.56. The van der Waals surface area contributed by atoms with Crippen LogP contribution in [0.25, 0.3) is 0 Å². The molecule has 14 heavy (non-hydrogen) atoms. The van der Waals surface area contributed by atoms with Crippen molar-refractivity contribution in [1.82, 2.24) is 5.32 Å². The largest absolute Gasteiger partial charge is 0.492 e. The monoisotopic (exact) mass is 241 g/mol. The van der Waals surface area contributed by atoms with Gasteiger partial charge in [-0.15, -0.1) is 11.6 Å². The number of alkyl halides is 1. The smallest absolute Gasteiger partial charge is 0.390 e. The van der Waals surface area contributed by atoms with Gasteiger partial charge in [-0.3, -0.25) is 4.79 Å². The first-order valence-electron chi connectivity index (χ1n) is 4.45. The fourth-order valence-electron chi connectivity index (χ4n) is 0.869. The highest BCUT2D eigenvalue weighted by atomic mass is 35.5. The molecule has 0 rings (SSSR count). The first-order valence-corrected chi connectivity index (χ1v) is 7.04. The lowest BCUT2D eigenvalue weighted by Crippen LogP contribution is -2.35. The first kappa shape index (κ1) is 13.9. The van der Waals surface area contributed by atoms with E-state index in [2.05, 4.69) is 5.32 Å². The van der Waals surface area contributed by atoms with Crippen LogP contribution < -0.4 is 5.32 Å². The first-order chi connectivity index (χ1) is 6.45. The molecular formula is C7H16ClNO4Si. The van der Waals surface area contributed by atoms with Gasteiger partial charge in [0.15, 0.2) is 0 Å². The van der Waals surface area contributed by atoms with Gasteiger partial charge in [0.2, 0.25) is 5.91 Å². The van der Waals surface area contributed by atoms with E-state index in [9.17, 15) is 4.79 Å². The molecule has 0 unspecified atom stereocenters. The van der Waals surface area contributed by atoms with Crippen LogP contribution in [0, 0.1) is 0 Å². The summed E-state index contributed by atoms with van der Waals surface area (Å²) in [7, 11) is -3.93. The number of hydrogen-bond acceptors (Lipinski definition) is 4. The molecular weight excluding hydrogens is 226 g/mol. The summed E-state index contributed by atoms with van der Waals surface area (Å²) < 4.78 is 0. The molecule has 0 aliphatic heterocycles. The maximum absolute atomic E-state index is 11.0. The predicted octanol–water partition coefficient (Wildman–Crippen LogP) is -0.573. The van der Waals surface area contributed by atoms with E-state index in [0.717, 1.165) is 0 Å². The quantitative estimate of drug-likeness (QED) is 0.273. The molecule has 7 heteroatoms. The molecule has 84 valence electrons. The SMILES string of the molecule is O=C(CCCCl)NCCC[Si](O)(O)O. The Hall–Kier alpha value is -0.143. The van der Waals surface area contributed by atoms with Crippen LogP contribution in [0.4, 0.5) is 0 Å². The van der Waals surface area contributed by atoms with Gasteiger partial charge in [0.05, 0.1) is 0 Å². The molecule has 0 radical (unpaired) electrons. The van der Waals surface area contributed by atoms with E-state index in [0.29, 0.717) is 31.7 Å². The number of nitrogens with one attached hydrogen (secondary N) is 1. The van der Waals surface area contributed by atoms with Gasteiger partial charge in [0, 0.05) is 24.9 Å². The van der Waals surface area contributed by atoms with E-state index in [4.69, 9.17) is 26.0 Å². The number of amides is 1. The lowest BCUT2D eigenvalue weighted by molar-refractivity contribution is -0.121. The van der Waals surface area contributed by atoms with Crippen LogP contribution in [0.5, 0.6) is 0 Å². The lowest BCUT2D eigenvalue weighted by atomic mass is 10.3. The van der Waals surface area contributed by atoms with E-state index in [1.807, 2.05) is 0 Å². The Morgan fingerprint density at radius 3 is 2.43 bits per heavy atom. The standard InChI is InChI=1S/C7H16ClNO4Si/c8-4-1-3-7(10)9-5-2-6-14(11,12)13/h11-13H,1-6H2,(H,9,10). The Balaban J connectivity index is 3.32. The van der Waals surface area contributed by atoms with Crippen molar-refractivity contribution in [3.63, 3.8) is 0 Å². The summed E-state index contributed by atoms with van der Waals surface area (Å²) in [6.07, 6.45) is 1.37. The summed E-state index contributed by atoms with van der Waals surface area (Å²) in [6.45, 7) is 0.345.